The Morgan fingerprint density at radius 1 is 1.17 bits per heavy atom. The number of aliphatic imine (C=N–C) groups is 1. The molecule has 1 aliphatic rings. The first-order chi connectivity index (χ1) is 11.5. The molecule has 0 atom stereocenters. The minimum Gasteiger partial charge on any atom is -0.392 e. The molecule has 3 nitrogen and oxygen atoms in total. The van der Waals surface area contributed by atoms with E-state index in [1.54, 1.807) is 12.1 Å². The van der Waals surface area contributed by atoms with Crippen LogP contribution in [-0.2, 0) is 6.61 Å². The van der Waals surface area contributed by atoms with Gasteiger partial charge in [-0.05, 0) is 54.8 Å². The summed E-state index contributed by atoms with van der Waals surface area (Å²) >= 11 is 12.3. The molecule has 1 aliphatic heterocycles. The molecule has 0 fully saturated rings. The molecule has 1 heterocycles. The van der Waals surface area contributed by atoms with E-state index in [9.17, 15) is 5.11 Å². The van der Waals surface area contributed by atoms with E-state index in [4.69, 9.17) is 23.2 Å². The van der Waals surface area contributed by atoms with Crippen molar-refractivity contribution < 1.29 is 5.11 Å². The van der Waals surface area contributed by atoms with Crippen molar-refractivity contribution in [1.82, 2.24) is 0 Å². The molecule has 2 aromatic rings. The number of aryl methyl sites for hydroxylation is 1. The predicted octanol–water partition coefficient (Wildman–Crippen LogP) is 4.88. The molecule has 24 heavy (non-hydrogen) atoms. The first kappa shape index (κ1) is 17.0. The van der Waals surface area contributed by atoms with Crippen molar-refractivity contribution in [1.29, 1.82) is 0 Å². The number of halogens is 2. The van der Waals surface area contributed by atoms with Gasteiger partial charge in [-0.25, -0.2) is 0 Å². The lowest BCUT2D eigenvalue weighted by atomic mass is 10.0. The normalized spacial score (nSPS) is 14.0. The first-order valence-corrected chi connectivity index (χ1v) is 8.41. The zero-order chi connectivity index (χ0) is 17.3. The molecule has 0 spiro atoms. The highest BCUT2D eigenvalue weighted by molar-refractivity contribution is 6.36. The van der Waals surface area contributed by atoms with E-state index in [-0.39, 0.29) is 6.61 Å². The zero-order valence-corrected chi connectivity index (χ0v) is 15.1. The second kappa shape index (κ2) is 6.98. The van der Waals surface area contributed by atoms with Gasteiger partial charge in [0.2, 0.25) is 0 Å². The predicted molar refractivity (Wildman–Crippen MR) is 101 cm³/mol. The summed E-state index contributed by atoms with van der Waals surface area (Å²) in [6.07, 6.45) is 3.93. The van der Waals surface area contributed by atoms with Crippen molar-refractivity contribution in [2.24, 2.45) is 4.99 Å². The molecule has 1 N–H and O–H groups in total. The molecule has 0 unspecified atom stereocenters. The average Bonchev–Trinajstić information content (AvgIpc) is 2.58. The minimum absolute atomic E-state index is 0.0311. The van der Waals surface area contributed by atoms with Crippen LogP contribution < -0.4 is 4.90 Å². The monoisotopic (exact) mass is 360 g/mol. The fourth-order valence-corrected chi connectivity index (χ4v) is 3.30. The lowest BCUT2D eigenvalue weighted by Gasteiger charge is -2.27. The van der Waals surface area contributed by atoms with E-state index in [1.165, 1.54) is 0 Å². The van der Waals surface area contributed by atoms with Crippen molar-refractivity contribution in [3.63, 3.8) is 0 Å². The van der Waals surface area contributed by atoms with Crippen LogP contribution in [0.15, 0.2) is 47.6 Å². The third-order valence-corrected chi connectivity index (χ3v) is 4.78. The fourth-order valence-electron chi connectivity index (χ4n) is 2.92. The SMILES string of the molecule is Cc1ccc(CO)c(C)c1N1C=CC(c2cc(Cl)ccc2Cl)=NC1. The quantitative estimate of drug-likeness (QED) is 0.846. The Bertz CT molecular complexity index is 844. The van der Waals surface area contributed by atoms with Crippen molar-refractivity contribution in [2.45, 2.75) is 20.5 Å². The van der Waals surface area contributed by atoms with Gasteiger partial charge in [0.25, 0.3) is 0 Å². The second-order valence-electron chi connectivity index (χ2n) is 5.77. The van der Waals surface area contributed by atoms with Gasteiger partial charge in [0.05, 0.1) is 17.3 Å². The van der Waals surface area contributed by atoms with Gasteiger partial charge in [0.1, 0.15) is 6.67 Å². The van der Waals surface area contributed by atoms with Crippen molar-refractivity contribution in [3.05, 3.63) is 74.9 Å². The summed E-state index contributed by atoms with van der Waals surface area (Å²) in [5.74, 6) is 0. The Labute approximate surface area is 151 Å². The van der Waals surface area contributed by atoms with Crippen molar-refractivity contribution in [3.8, 4) is 0 Å². The number of allylic oxidation sites excluding steroid dienone is 1. The first-order valence-electron chi connectivity index (χ1n) is 7.66. The van der Waals surface area contributed by atoms with Crippen LogP contribution in [-0.4, -0.2) is 17.5 Å². The number of nitrogens with zero attached hydrogens (tertiary/aromatic N) is 2. The van der Waals surface area contributed by atoms with E-state index in [1.807, 2.05) is 37.4 Å². The van der Waals surface area contributed by atoms with E-state index >= 15 is 0 Å². The molecule has 0 amide bonds. The molecule has 3 rings (SSSR count). The number of hydrogen-bond donors (Lipinski definition) is 1. The van der Waals surface area contributed by atoms with Gasteiger partial charge in [-0.3, -0.25) is 4.99 Å². The van der Waals surface area contributed by atoms with Crippen LogP contribution in [0.4, 0.5) is 5.69 Å². The number of rotatable bonds is 3. The average molecular weight is 361 g/mol. The summed E-state index contributed by atoms with van der Waals surface area (Å²) in [5, 5.41) is 10.8. The Balaban J connectivity index is 1.92. The Morgan fingerprint density at radius 3 is 2.62 bits per heavy atom. The van der Waals surface area contributed by atoms with Crippen LogP contribution in [0.2, 0.25) is 10.0 Å². The number of aliphatic hydroxyl groups excluding tert-OH is 1. The fraction of sp³-hybridized carbons (Fsp3) is 0.211. The summed E-state index contributed by atoms with van der Waals surface area (Å²) in [4.78, 5) is 6.72. The lowest BCUT2D eigenvalue weighted by molar-refractivity contribution is 0.281. The van der Waals surface area contributed by atoms with Crippen LogP contribution in [0.5, 0.6) is 0 Å². The van der Waals surface area contributed by atoms with Crippen LogP contribution in [0.1, 0.15) is 22.3 Å². The molecule has 0 aromatic heterocycles. The second-order valence-corrected chi connectivity index (χ2v) is 6.61. The Morgan fingerprint density at radius 2 is 1.96 bits per heavy atom. The van der Waals surface area contributed by atoms with E-state index in [0.717, 1.165) is 33.7 Å². The maximum absolute atomic E-state index is 9.49. The van der Waals surface area contributed by atoms with Gasteiger partial charge in [-0.2, -0.15) is 0 Å². The largest absolute Gasteiger partial charge is 0.392 e. The standard InChI is InChI=1S/C19H18Cl2N2O/c1-12-3-4-14(10-24)13(2)19(12)23-8-7-18(22-11-23)16-9-15(20)5-6-17(16)21/h3-9,24H,10-11H2,1-2H3. The summed E-state index contributed by atoms with van der Waals surface area (Å²) in [6.45, 7) is 4.60. The molecule has 124 valence electrons. The molecule has 0 bridgehead atoms. The third-order valence-electron chi connectivity index (χ3n) is 4.21. The smallest absolute Gasteiger partial charge is 0.115 e. The van der Waals surface area contributed by atoms with Crippen LogP contribution in [0.25, 0.3) is 0 Å². The van der Waals surface area contributed by atoms with E-state index < -0.39 is 0 Å². The summed E-state index contributed by atoms with van der Waals surface area (Å²) < 4.78 is 0. The Kier molecular flexibility index (Phi) is 4.95. The summed E-state index contributed by atoms with van der Waals surface area (Å²) in [7, 11) is 0. The highest BCUT2D eigenvalue weighted by Crippen LogP contribution is 2.30. The highest BCUT2D eigenvalue weighted by atomic mass is 35.5. The third kappa shape index (κ3) is 3.20. The molecule has 0 saturated heterocycles. The molecule has 0 radical (unpaired) electrons. The van der Waals surface area contributed by atoms with Gasteiger partial charge in [-0.15, -0.1) is 0 Å². The number of hydrogen-bond acceptors (Lipinski definition) is 3. The lowest BCUT2D eigenvalue weighted by Crippen LogP contribution is -2.23. The molecule has 2 aromatic carbocycles. The van der Waals surface area contributed by atoms with Gasteiger partial charge >= 0.3 is 0 Å². The zero-order valence-electron chi connectivity index (χ0n) is 13.6. The van der Waals surface area contributed by atoms with Gasteiger partial charge in [0, 0.05) is 22.5 Å². The number of benzene rings is 2. The van der Waals surface area contributed by atoms with Crippen LogP contribution in [0, 0.1) is 13.8 Å². The van der Waals surface area contributed by atoms with Gasteiger partial charge in [0.15, 0.2) is 0 Å². The maximum atomic E-state index is 9.49. The van der Waals surface area contributed by atoms with E-state index in [0.29, 0.717) is 16.7 Å². The van der Waals surface area contributed by atoms with E-state index in [2.05, 4.69) is 16.8 Å². The molecular formula is C19H18Cl2N2O. The molecular weight excluding hydrogens is 343 g/mol. The molecule has 0 saturated carbocycles. The van der Waals surface area contributed by atoms with Crippen LogP contribution >= 0.6 is 23.2 Å². The maximum Gasteiger partial charge on any atom is 0.115 e. The Hall–Kier alpha value is -1.81. The van der Waals surface area contributed by atoms with Crippen molar-refractivity contribution >= 4 is 34.6 Å². The highest BCUT2D eigenvalue weighted by Gasteiger charge is 2.16. The van der Waals surface area contributed by atoms with Crippen molar-refractivity contribution in [2.75, 3.05) is 11.6 Å². The van der Waals surface area contributed by atoms with Gasteiger partial charge in [-0.1, -0.05) is 35.3 Å². The summed E-state index contributed by atoms with van der Waals surface area (Å²) in [6, 6.07) is 9.35. The van der Waals surface area contributed by atoms with Gasteiger partial charge < -0.3 is 10.0 Å². The number of anilines is 1. The molecule has 5 heteroatoms. The minimum atomic E-state index is 0.0311. The number of aliphatic hydroxyl groups is 1. The molecule has 0 aliphatic carbocycles. The summed E-state index contributed by atoms with van der Waals surface area (Å²) in [5.41, 5.74) is 5.87. The van der Waals surface area contributed by atoms with Crippen LogP contribution in [0.3, 0.4) is 0 Å². The topological polar surface area (TPSA) is 35.8 Å².